The highest BCUT2D eigenvalue weighted by Gasteiger charge is 2.27. The first-order valence-corrected chi connectivity index (χ1v) is 15.2. The number of likely N-dealkylation sites (N-methyl/N-ethyl adjacent to an activating group) is 1. The van der Waals surface area contributed by atoms with Gasteiger partial charge >= 0.3 is 0 Å². The zero-order chi connectivity index (χ0) is 29.6. The maximum Gasteiger partial charge on any atom is 0.227 e. The molecule has 42 heavy (non-hydrogen) atoms. The fraction of sp³-hybridized carbons (Fsp3) is 0.500. The lowest BCUT2D eigenvalue weighted by Gasteiger charge is -2.42. The predicted molar refractivity (Wildman–Crippen MR) is 169 cm³/mol. The van der Waals surface area contributed by atoms with Gasteiger partial charge in [0.2, 0.25) is 5.95 Å². The number of aromatic nitrogens is 2. The van der Waals surface area contributed by atoms with Crippen molar-refractivity contribution in [2.75, 3.05) is 70.8 Å². The number of nitrogens with zero attached hydrogens (tertiary/aromatic N) is 5. The van der Waals surface area contributed by atoms with E-state index < -0.39 is 0 Å². The second kappa shape index (κ2) is 13.8. The Bertz CT molecular complexity index is 1310. The van der Waals surface area contributed by atoms with Crippen molar-refractivity contribution in [3.05, 3.63) is 58.4 Å². The van der Waals surface area contributed by atoms with Crippen LogP contribution in [-0.2, 0) is 13.0 Å². The highest BCUT2D eigenvalue weighted by atomic mass is 35.5. The van der Waals surface area contributed by atoms with Gasteiger partial charge in [-0.05, 0) is 62.6 Å². The molecular formula is C32H43ClN6O3. The van der Waals surface area contributed by atoms with Crippen molar-refractivity contribution in [3.8, 4) is 17.2 Å². The Kier molecular flexibility index (Phi) is 9.92. The van der Waals surface area contributed by atoms with E-state index in [1.807, 2.05) is 12.1 Å². The Balaban J connectivity index is 1.18. The molecule has 3 heterocycles. The van der Waals surface area contributed by atoms with Crippen molar-refractivity contribution >= 4 is 28.9 Å². The first-order chi connectivity index (χ1) is 20.4. The molecule has 0 unspecified atom stereocenters. The lowest BCUT2D eigenvalue weighted by molar-refractivity contribution is 0.0981. The molecule has 5 rings (SSSR count). The van der Waals surface area contributed by atoms with E-state index in [0.29, 0.717) is 35.1 Å². The molecule has 0 radical (unpaired) electrons. The number of methoxy groups -OCH3 is 2. The quantitative estimate of drug-likeness (QED) is 0.325. The molecule has 0 atom stereocenters. The summed E-state index contributed by atoms with van der Waals surface area (Å²) in [6.07, 6.45) is 6.57. The van der Waals surface area contributed by atoms with Crippen molar-refractivity contribution in [2.24, 2.45) is 0 Å². The van der Waals surface area contributed by atoms with E-state index in [-0.39, 0.29) is 0 Å². The highest BCUT2D eigenvalue weighted by Crippen LogP contribution is 2.36. The number of nitrogens with one attached hydrogen (secondary N) is 1. The molecule has 2 aromatic carbocycles. The zero-order valence-electron chi connectivity index (χ0n) is 25.5. The fourth-order valence-electron chi connectivity index (χ4n) is 5.94. The van der Waals surface area contributed by atoms with Gasteiger partial charge in [0.25, 0.3) is 0 Å². The minimum atomic E-state index is 0.302. The normalized spacial score (nSPS) is 16.9. The number of aryl methyl sites for hydroxylation is 1. The number of benzene rings is 2. The van der Waals surface area contributed by atoms with E-state index >= 15 is 0 Å². The summed E-state index contributed by atoms with van der Waals surface area (Å²) in [4.78, 5) is 16.5. The first kappa shape index (κ1) is 30.2. The summed E-state index contributed by atoms with van der Waals surface area (Å²) in [5.74, 6) is 2.54. The predicted octanol–water partition coefficient (Wildman–Crippen LogP) is 5.56. The maximum absolute atomic E-state index is 6.59. The molecule has 2 aliphatic rings. The molecule has 226 valence electrons. The lowest BCUT2D eigenvalue weighted by atomic mass is 10.00. The van der Waals surface area contributed by atoms with Gasteiger partial charge < -0.3 is 29.3 Å². The van der Waals surface area contributed by atoms with Crippen LogP contribution in [0, 0.1) is 6.92 Å². The summed E-state index contributed by atoms with van der Waals surface area (Å²) in [5, 5.41) is 3.86. The molecular weight excluding hydrogens is 552 g/mol. The second-order valence-corrected chi connectivity index (χ2v) is 11.5. The molecule has 0 bridgehead atoms. The van der Waals surface area contributed by atoms with Gasteiger partial charge in [0.05, 0.1) is 37.3 Å². The van der Waals surface area contributed by atoms with E-state index in [1.54, 1.807) is 26.6 Å². The lowest BCUT2D eigenvalue weighted by Crippen LogP contribution is -2.52. The summed E-state index contributed by atoms with van der Waals surface area (Å²) >= 11 is 6.59. The molecule has 0 aliphatic carbocycles. The molecule has 3 aromatic rings. The van der Waals surface area contributed by atoms with Crippen LogP contribution in [0.4, 0.5) is 17.3 Å². The van der Waals surface area contributed by atoms with E-state index in [9.17, 15) is 0 Å². The fourth-order valence-corrected chi connectivity index (χ4v) is 6.27. The Hall–Kier alpha value is -3.27. The second-order valence-electron chi connectivity index (χ2n) is 11.1. The van der Waals surface area contributed by atoms with Gasteiger partial charge in [-0.25, -0.2) is 9.97 Å². The van der Waals surface area contributed by atoms with Gasteiger partial charge in [0.15, 0.2) is 5.75 Å². The van der Waals surface area contributed by atoms with Crippen molar-refractivity contribution < 1.29 is 14.2 Å². The van der Waals surface area contributed by atoms with Crippen LogP contribution < -0.4 is 24.4 Å². The third-order valence-corrected chi connectivity index (χ3v) is 9.04. The van der Waals surface area contributed by atoms with Crippen LogP contribution in [0.15, 0.2) is 36.7 Å². The van der Waals surface area contributed by atoms with Gasteiger partial charge in [-0.2, -0.15) is 0 Å². The molecule has 9 nitrogen and oxygen atoms in total. The van der Waals surface area contributed by atoms with Crippen LogP contribution in [0.3, 0.4) is 0 Å². The first-order valence-electron chi connectivity index (χ1n) is 14.8. The van der Waals surface area contributed by atoms with Crippen molar-refractivity contribution in [3.63, 3.8) is 0 Å². The Morgan fingerprint density at radius 1 is 0.952 bits per heavy atom. The topological polar surface area (TPSA) is 75.2 Å². The molecule has 10 heteroatoms. The number of ether oxygens (including phenoxy) is 3. The molecule has 1 aromatic heterocycles. The minimum absolute atomic E-state index is 0.302. The number of anilines is 3. The SMILES string of the molecule is CCc1cc(OC)c(Cl)c(COc2cnc(Nc3ccc(N4CCC(N5CCN(C)CC5)CC4)c(OC)c3)nc2)c1C. The Morgan fingerprint density at radius 2 is 1.64 bits per heavy atom. The summed E-state index contributed by atoms with van der Waals surface area (Å²) in [6, 6.07) is 8.85. The standard InChI is InChI=1S/C32H43ClN6O3/c1-6-23-17-30(41-5)31(33)27(22(23)2)21-42-26-19-34-32(35-20-26)36-24-7-8-28(29(18-24)40-4)39-11-9-25(10-12-39)38-15-13-37(3)14-16-38/h7-8,17-20,25H,6,9-16,21H2,1-5H3,(H,34,35,36). The van der Waals surface area contributed by atoms with Crippen LogP contribution in [0.25, 0.3) is 0 Å². The van der Waals surface area contributed by atoms with Gasteiger partial charge in [-0.3, -0.25) is 4.90 Å². The van der Waals surface area contributed by atoms with Crippen LogP contribution >= 0.6 is 11.6 Å². The highest BCUT2D eigenvalue weighted by molar-refractivity contribution is 6.33. The summed E-state index contributed by atoms with van der Waals surface area (Å²) in [5.41, 5.74) is 5.19. The van der Waals surface area contributed by atoms with Gasteiger partial charge in [0, 0.05) is 62.6 Å². The van der Waals surface area contributed by atoms with Gasteiger partial charge in [-0.15, -0.1) is 0 Å². The number of rotatable bonds is 10. The van der Waals surface area contributed by atoms with Crippen molar-refractivity contribution in [1.29, 1.82) is 0 Å². The number of halogens is 1. The Morgan fingerprint density at radius 3 is 2.29 bits per heavy atom. The number of hydrogen-bond acceptors (Lipinski definition) is 9. The van der Waals surface area contributed by atoms with E-state index in [2.05, 4.69) is 63.0 Å². The molecule has 0 saturated carbocycles. The summed E-state index contributed by atoms with van der Waals surface area (Å²) in [7, 11) is 5.56. The molecule has 2 aliphatic heterocycles. The Labute approximate surface area is 254 Å². The molecule has 0 amide bonds. The molecule has 0 spiro atoms. The average Bonchev–Trinajstić information content (AvgIpc) is 3.02. The van der Waals surface area contributed by atoms with Crippen molar-refractivity contribution in [1.82, 2.24) is 19.8 Å². The van der Waals surface area contributed by atoms with Crippen LogP contribution in [0.1, 0.15) is 36.5 Å². The van der Waals surface area contributed by atoms with E-state index in [4.69, 9.17) is 25.8 Å². The molecule has 2 fully saturated rings. The summed E-state index contributed by atoms with van der Waals surface area (Å²) in [6.45, 7) is 11.2. The molecule has 2 saturated heterocycles. The van der Waals surface area contributed by atoms with Crippen molar-refractivity contribution in [2.45, 2.75) is 45.8 Å². The van der Waals surface area contributed by atoms with Gasteiger partial charge in [0.1, 0.15) is 18.1 Å². The maximum atomic E-state index is 6.59. The molecule has 1 N–H and O–H groups in total. The minimum Gasteiger partial charge on any atom is -0.495 e. The number of hydrogen-bond donors (Lipinski definition) is 1. The van der Waals surface area contributed by atoms with E-state index in [0.717, 1.165) is 47.8 Å². The van der Waals surface area contributed by atoms with Gasteiger partial charge in [-0.1, -0.05) is 18.5 Å². The third kappa shape index (κ3) is 6.85. The number of piperazine rings is 1. The zero-order valence-corrected chi connectivity index (χ0v) is 26.2. The van der Waals surface area contributed by atoms with Crippen LogP contribution in [-0.4, -0.2) is 86.3 Å². The van der Waals surface area contributed by atoms with Crippen LogP contribution in [0.2, 0.25) is 5.02 Å². The number of piperidine rings is 1. The van der Waals surface area contributed by atoms with E-state index in [1.165, 1.54) is 44.6 Å². The average molecular weight is 595 g/mol. The monoisotopic (exact) mass is 594 g/mol. The smallest absolute Gasteiger partial charge is 0.227 e. The third-order valence-electron chi connectivity index (χ3n) is 8.63. The summed E-state index contributed by atoms with van der Waals surface area (Å²) < 4.78 is 17.3. The van der Waals surface area contributed by atoms with Crippen LogP contribution in [0.5, 0.6) is 17.2 Å². The largest absolute Gasteiger partial charge is 0.495 e.